The van der Waals surface area contributed by atoms with E-state index in [1.54, 1.807) is 19.1 Å². The number of nitrogens with two attached hydrogens (primary N) is 1. The third-order valence-electron chi connectivity index (χ3n) is 2.06. The number of primary amides is 1. The molecule has 1 heterocycles. The summed E-state index contributed by atoms with van der Waals surface area (Å²) in [6.07, 6.45) is 0. The fourth-order valence-electron chi connectivity index (χ4n) is 1.29. The van der Waals surface area contributed by atoms with Crippen molar-refractivity contribution in [1.29, 1.82) is 0 Å². The summed E-state index contributed by atoms with van der Waals surface area (Å²) in [5.41, 5.74) is 6.24. The van der Waals surface area contributed by atoms with Crippen molar-refractivity contribution in [2.24, 2.45) is 5.73 Å². The van der Waals surface area contributed by atoms with Crippen LogP contribution >= 0.6 is 0 Å². The van der Waals surface area contributed by atoms with Crippen molar-refractivity contribution >= 4 is 17.7 Å². The van der Waals surface area contributed by atoms with E-state index in [0.29, 0.717) is 17.9 Å². The molecule has 0 saturated heterocycles. The van der Waals surface area contributed by atoms with Gasteiger partial charge >= 0.3 is 5.97 Å². The maximum atomic E-state index is 11.1. The number of aliphatic carboxylic acids is 1. The second-order valence-corrected chi connectivity index (χ2v) is 3.59. The third-order valence-corrected chi connectivity index (χ3v) is 2.06. The molecule has 0 spiro atoms. The SMILES string of the molecule is Cc1ccc(C(N)=O)c(NCCOCC(=O)O)n1. The van der Waals surface area contributed by atoms with Gasteiger partial charge in [-0.2, -0.15) is 0 Å². The summed E-state index contributed by atoms with van der Waals surface area (Å²) in [5.74, 6) is -1.22. The van der Waals surface area contributed by atoms with Crippen LogP contribution in [0, 0.1) is 6.92 Å². The largest absolute Gasteiger partial charge is 0.480 e. The highest BCUT2D eigenvalue weighted by Crippen LogP contribution is 2.12. The van der Waals surface area contributed by atoms with Crippen LogP contribution < -0.4 is 11.1 Å². The number of nitrogens with zero attached hydrogens (tertiary/aromatic N) is 1. The lowest BCUT2D eigenvalue weighted by Gasteiger charge is -2.09. The Labute approximate surface area is 104 Å². The van der Waals surface area contributed by atoms with Crippen LogP contribution in [0.25, 0.3) is 0 Å². The Bertz CT molecular complexity index is 448. The van der Waals surface area contributed by atoms with Crippen LogP contribution in [-0.2, 0) is 9.53 Å². The molecule has 98 valence electrons. The number of amides is 1. The second kappa shape index (κ2) is 6.55. The highest BCUT2D eigenvalue weighted by atomic mass is 16.5. The molecule has 0 aliphatic carbocycles. The number of carboxylic acids is 1. The Hall–Kier alpha value is -2.15. The lowest BCUT2D eigenvalue weighted by atomic mass is 10.2. The van der Waals surface area contributed by atoms with Crippen LogP contribution in [0.4, 0.5) is 5.82 Å². The van der Waals surface area contributed by atoms with E-state index in [4.69, 9.17) is 15.6 Å². The van der Waals surface area contributed by atoms with Crippen molar-refractivity contribution in [3.63, 3.8) is 0 Å². The number of pyridine rings is 1. The molecule has 7 heteroatoms. The molecule has 1 amide bonds. The predicted octanol–water partition coefficient (Wildman–Crippen LogP) is 0.00202. The topological polar surface area (TPSA) is 115 Å². The maximum absolute atomic E-state index is 11.1. The second-order valence-electron chi connectivity index (χ2n) is 3.59. The quantitative estimate of drug-likeness (QED) is 0.589. The minimum Gasteiger partial charge on any atom is -0.480 e. The Morgan fingerprint density at radius 1 is 1.50 bits per heavy atom. The van der Waals surface area contributed by atoms with Crippen LogP contribution in [0.2, 0.25) is 0 Å². The van der Waals surface area contributed by atoms with Gasteiger partial charge in [0.1, 0.15) is 12.4 Å². The van der Waals surface area contributed by atoms with E-state index >= 15 is 0 Å². The molecule has 4 N–H and O–H groups in total. The molecule has 0 fully saturated rings. The van der Waals surface area contributed by atoms with Crippen molar-refractivity contribution in [1.82, 2.24) is 4.98 Å². The van der Waals surface area contributed by atoms with E-state index in [0.717, 1.165) is 5.69 Å². The summed E-state index contributed by atoms with van der Waals surface area (Å²) < 4.78 is 4.84. The average Bonchev–Trinajstić information content (AvgIpc) is 2.27. The molecule has 1 aromatic heterocycles. The van der Waals surface area contributed by atoms with Gasteiger partial charge in [0, 0.05) is 12.2 Å². The Kier molecular flexibility index (Phi) is 5.06. The van der Waals surface area contributed by atoms with Crippen LogP contribution in [0.3, 0.4) is 0 Å². The molecular weight excluding hydrogens is 238 g/mol. The molecule has 0 unspecified atom stereocenters. The molecule has 0 saturated carbocycles. The molecule has 18 heavy (non-hydrogen) atoms. The zero-order valence-electron chi connectivity index (χ0n) is 9.97. The van der Waals surface area contributed by atoms with Gasteiger partial charge < -0.3 is 20.9 Å². The number of carbonyl (C=O) groups is 2. The summed E-state index contributed by atoms with van der Waals surface area (Å²) >= 11 is 0. The lowest BCUT2D eigenvalue weighted by molar-refractivity contribution is -0.142. The van der Waals surface area contributed by atoms with Gasteiger partial charge in [-0.1, -0.05) is 0 Å². The minimum atomic E-state index is -1.03. The molecule has 0 atom stereocenters. The monoisotopic (exact) mass is 253 g/mol. The average molecular weight is 253 g/mol. The molecule has 1 rings (SSSR count). The number of rotatable bonds is 7. The molecule has 0 aliphatic heterocycles. The number of ether oxygens (including phenoxy) is 1. The van der Waals surface area contributed by atoms with E-state index in [-0.39, 0.29) is 13.2 Å². The first-order chi connectivity index (χ1) is 8.50. The van der Waals surface area contributed by atoms with Gasteiger partial charge in [-0.3, -0.25) is 4.79 Å². The number of hydrogen-bond donors (Lipinski definition) is 3. The summed E-state index contributed by atoms with van der Waals surface area (Å²) in [5, 5.41) is 11.2. The van der Waals surface area contributed by atoms with Crippen LogP contribution in [0.5, 0.6) is 0 Å². The van der Waals surface area contributed by atoms with Crippen molar-refractivity contribution in [3.05, 3.63) is 23.4 Å². The summed E-state index contributed by atoms with van der Waals surface area (Å²) in [6.45, 7) is 1.96. The summed E-state index contributed by atoms with van der Waals surface area (Å²) in [6, 6.07) is 3.28. The molecule has 0 bridgehead atoms. The first-order valence-corrected chi connectivity index (χ1v) is 5.31. The van der Waals surface area contributed by atoms with Crippen molar-refractivity contribution in [2.45, 2.75) is 6.92 Å². The van der Waals surface area contributed by atoms with Gasteiger partial charge in [-0.25, -0.2) is 9.78 Å². The van der Waals surface area contributed by atoms with E-state index in [2.05, 4.69) is 10.3 Å². The zero-order chi connectivity index (χ0) is 13.5. The van der Waals surface area contributed by atoms with Gasteiger partial charge in [0.05, 0.1) is 12.2 Å². The highest BCUT2D eigenvalue weighted by molar-refractivity contribution is 5.97. The highest BCUT2D eigenvalue weighted by Gasteiger charge is 2.09. The van der Waals surface area contributed by atoms with Crippen LogP contribution in [0.15, 0.2) is 12.1 Å². The van der Waals surface area contributed by atoms with E-state index in [1.807, 2.05) is 0 Å². The molecule has 0 aliphatic rings. The number of aromatic nitrogens is 1. The fourth-order valence-corrected chi connectivity index (χ4v) is 1.29. The van der Waals surface area contributed by atoms with Gasteiger partial charge in [0.2, 0.25) is 0 Å². The van der Waals surface area contributed by atoms with Crippen molar-refractivity contribution in [3.8, 4) is 0 Å². The summed E-state index contributed by atoms with van der Waals surface area (Å²) in [4.78, 5) is 25.5. The number of carboxylic acid groups (broad SMARTS) is 1. The predicted molar refractivity (Wildman–Crippen MR) is 64.4 cm³/mol. The third kappa shape index (κ3) is 4.38. The molecule has 1 aromatic rings. The van der Waals surface area contributed by atoms with Gasteiger partial charge in [-0.15, -0.1) is 0 Å². The minimum absolute atomic E-state index is 0.195. The normalized spacial score (nSPS) is 10.1. The molecule has 7 nitrogen and oxygen atoms in total. The van der Waals surface area contributed by atoms with Gasteiger partial charge in [0.15, 0.2) is 0 Å². The smallest absolute Gasteiger partial charge is 0.329 e. The van der Waals surface area contributed by atoms with Crippen molar-refractivity contribution in [2.75, 3.05) is 25.1 Å². The molecule has 0 radical (unpaired) electrons. The first kappa shape index (κ1) is 13.9. The molecule has 0 aromatic carbocycles. The van der Waals surface area contributed by atoms with E-state index in [1.165, 1.54) is 0 Å². The van der Waals surface area contributed by atoms with Gasteiger partial charge in [-0.05, 0) is 19.1 Å². The standard InChI is InChI=1S/C11H15N3O4/c1-7-2-3-8(10(12)17)11(14-7)13-4-5-18-6-9(15)16/h2-3H,4-6H2,1H3,(H2,12,17)(H,13,14)(H,15,16). The number of anilines is 1. The van der Waals surface area contributed by atoms with Gasteiger partial charge in [0.25, 0.3) is 5.91 Å². The van der Waals surface area contributed by atoms with Crippen LogP contribution in [-0.4, -0.2) is 41.7 Å². The molecular formula is C11H15N3O4. The Morgan fingerprint density at radius 3 is 2.83 bits per heavy atom. The number of aryl methyl sites for hydroxylation is 1. The van der Waals surface area contributed by atoms with Crippen molar-refractivity contribution < 1.29 is 19.4 Å². The van der Waals surface area contributed by atoms with Crippen LogP contribution in [0.1, 0.15) is 16.1 Å². The zero-order valence-corrected chi connectivity index (χ0v) is 9.97. The van der Waals surface area contributed by atoms with E-state index < -0.39 is 11.9 Å². The lowest BCUT2D eigenvalue weighted by Crippen LogP contribution is -2.19. The maximum Gasteiger partial charge on any atom is 0.329 e. The number of hydrogen-bond acceptors (Lipinski definition) is 5. The number of nitrogens with one attached hydrogen (secondary N) is 1. The summed E-state index contributed by atoms with van der Waals surface area (Å²) in [7, 11) is 0. The Morgan fingerprint density at radius 2 is 2.22 bits per heavy atom. The van der Waals surface area contributed by atoms with E-state index in [9.17, 15) is 9.59 Å². The fraction of sp³-hybridized carbons (Fsp3) is 0.364. The Balaban J connectivity index is 2.53. The first-order valence-electron chi connectivity index (χ1n) is 5.31. The number of carbonyl (C=O) groups excluding carboxylic acids is 1.